The van der Waals surface area contributed by atoms with Gasteiger partial charge in [-0.2, -0.15) is 0 Å². The van der Waals surface area contributed by atoms with Gasteiger partial charge in [-0.05, 0) is 29.8 Å². The second kappa shape index (κ2) is 6.64. The first-order valence-corrected chi connectivity index (χ1v) is 7.47. The van der Waals surface area contributed by atoms with Gasteiger partial charge in [0.2, 0.25) is 0 Å². The lowest BCUT2D eigenvalue weighted by Gasteiger charge is -2.14. The summed E-state index contributed by atoms with van der Waals surface area (Å²) >= 11 is 0. The van der Waals surface area contributed by atoms with Crippen LogP contribution < -0.4 is 14.8 Å². The Morgan fingerprint density at radius 3 is 2.56 bits per heavy atom. The summed E-state index contributed by atoms with van der Waals surface area (Å²) in [5.41, 5.74) is 0.917. The number of ether oxygens (including phenoxy) is 2. The summed E-state index contributed by atoms with van der Waals surface area (Å²) in [7, 11) is 2.97. The van der Waals surface area contributed by atoms with Crippen LogP contribution in [0.25, 0.3) is 5.76 Å². The highest BCUT2D eigenvalue weighted by Crippen LogP contribution is 2.35. The number of benzene rings is 1. The fourth-order valence-corrected chi connectivity index (χ4v) is 2.70. The monoisotopic (exact) mass is 340 g/mol. The maximum Gasteiger partial charge on any atom is 0.293 e. The van der Waals surface area contributed by atoms with Gasteiger partial charge in [0, 0.05) is 18.0 Å². The number of rotatable bonds is 4. The summed E-state index contributed by atoms with van der Waals surface area (Å²) in [6.45, 7) is 0. The van der Waals surface area contributed by atoms with Gasteiger partial charge in [0.15, 0.2) is 11.5 Å². The van der Waals surface area contributed by atoms with Gasteiger partial charge in [0.05, 0.1) is 25.8 Å². The van der Waals surface area contributed by atoms with E-state index in [-0.39, 0.29) is 11.3 Å². The summed E-state index contributed by atoms with van der Waals surface area (Å²) in [5, 5.41) is 13.2. The minimum Gasteiger partial charge on any atom is -0.507 e. The van der Waals surface area contributed by atoms with Crippen LogP contribution >= 0.6 is 0 Å². The fraction of sp³-hybridized carbons (Fsp3) is 0.167. The number of hydrogen-bond acceptors (Lipinski definition) is 6. The number of nitrogens with zero attached hydrogens (tertiary/aromatic N) is 1. The maximum absolute atomic E-state index is 12.3. The van der Waals surface area contributed by atoms with E-state index in [0.29, 0.717) is 22.6 Å². The van der Waals surface area contributed by atoms with Crippen LogP contribution in [0.4, 0.5) is 0 Å². The Balaban J connectivity index is 2.12. The van der Waals surface area contributed by atoms with Crippen molar-refractivity contribution in [3.63, 3.8) is 0 Å². The van der Waals surface area contributed by atoms with E-state index >= 15 is 0 Å². The SMILES string of the molecule is COc1ccc(C(O)=C2C(=O)C(=O)N[C@H]2c2cccnc2)cc1OC. The molecule has 1 saturated heterocycles. The lowest BCUT2D eigenvalue weighted by Crippen LogP contribution is -2.21. The number of nitrogens with one attached hydrogen (secondary N) is 1. The molecule has 1 aromatic carbocycles. The predicted molar refractivity (Wildman–Crippen MR) is 89.2 cm³/mol. The van der Waals surface area contributed by atoms with Gasteiger partial charge in [-0.1, -0.05) is 6.07 Å². The Kier molecular flexibility index (Phi) is 4.38. The zero-order valence-electron chi connectivity index (χ0n) is 13.6. The molecule has 1 amide bonds. The summed E-state index contributed by atoms with van der Waals surface area (Å²) < 4.78 is 10.4. The number of amides is 1. The number of carbonyl (C=O) groups excluding carboxylic acids is 2. The summed E-state index contributed by atoms with van der Waals surface area (Å²) in [4.78, 5) is 28.1. The van der Waals surface area contributed by atoms with Crippen LogP contribution in [-0.2, 0) is 9.59 Å². The molecule has 1 aliphatic rings. The first-order chi connectivity index (χ1) is 12.1. The van der Waals surface area contributed by atoms with E-state index in [1.807, 2.05) is 0 Å². The zero-order valence-corrected chi connectivity index (χ0v) is 13.6. The Bertz CT molecular complexity index is 861. The van der Waals surface area contributed by atoms with Crippen LogP contribution in [0.5, 0.6) is 11.5 Å². The molecule has 0 saturated carbocycles. The molecule has 1 aromatic heterocycles. The average molecular weight is 340 g/mol. The minimum atomic E-state index is -0.777. The standard InChI is InChI=1S/C18H16N2O5/c1-24-12-6-5-10(8-13(12)25-2)16(21)14-15(20-18(23)17(14)22)11-4-3-7-19-9-11/h3-9,15,21H,1-2H3,(H,20,23)/t15-/m0/s1. The third-order valence-corrected chi connectivity index (χ3v) is 3.94. The largest absolute Gasteiger partial charge is 0.507 e. The van der Waals surface area contributed by atoms with E-state index in [0.717, 1.165) is 0 Å². The lowest BCUT2D eigenvalue weighted by atomic mass is 9.97. The third kappa shape index (κ3) is 2.91. The van der Waals surface area contributed by atoms with E-state index in [1.165, 1.54) is 26.5 Å². The molecule has 0 aliphatic carbocycles. The molecule has 25 heavy (non-hydrogen) atoms. The molecule has 1 atom stereocenters. The molecule has 0 spiro atoms. The van der Waals surface area contributed by atoms with Crippen LogP contribution in [0.1, 0.15) is 17.2 Å². The molecule has 0 bridgehead atoms. The molecule has 7 heteroatoms. The van der Waals surface area contributed by atoms with Crippen molar-refractivity contribution in [2.75, 3.05) is 14.2 Å². The Morgan fingerprint density at radius 1 is 1.16 bits per heavy atom. The highest BCUT2D eigenvalue weighted by atomic mass is 16.5. The third-order valence-electron chi connectivity index (χ3n) is 3.94. The maximum atomic E-state index is 12.3. The van der Waals surface area contributed by atoms with Crippen molar-refractivity contribution in [3.05, 3.63) is 59.4 Å². The second-order valence-corrected chi connectivity index (χ2v) is 5.35. The number of ketones is 1. The number of carbonyl (C=O) groups is 2. The number of Topliss-reactive ketones (excluding diaryl/α,β-unsaturated/α-hetero) is 1. The number of aliphatic hydroxyl groups is 1. The smallest absolute Gasteiger partial charge is 0.293 e. The number of hydrogen-bond donors (Lipinski definition) is 2. The minimum absolute atomic E-state index is 0.0229. The molecule has 2 heterocycles. The number of aliphatic hydroxyl groups excluding tert-OH is 1. The van der Waals surface area contributed by atoms with Gasteiger partial charge in [-0.15, -0.1) is 0 Å². The van der Waals surface area contributed by atoms with E-state index in [9.17, 15) is 14.7 Å². The first-order valence-electron chi connectivity index (χ1n) is 7.47. The van der Waals surface area contributed by atoms with Gasteiger partial charge in [0.25, 0.3) is 11.7 Å². The second-order valence-electron chi connectivity index (χ2n) is 5.35. The van der Waals surface area contributed by atoms with E-state index in [4.69, 9.17) is 9.47 Å². The molecule has 0 unspecified atom stereocenters. The van der Waals surface area contributed by atoms with Crippen molar-refractivity contribution in [1.29, 1.82) is 0 Å². The fourth-order valence-electron chi connectivity index (χ4n) is 2.70. The van der Waals surface area contributed by atoms with Crippen LogP contribution in [0.3, 0.4) is 0 Å². The molecular weight excluding hydrogens is 324 g/mol. The Labute approximate surface area is 143 Å². The predicted octanol–water partition coefficient (Wildman–Crippen LogP) is 1.81. The van der Waals surface area contributed by atoms with Crippen molar-refractivity contribution in [1.82, 2.24) is 10.3 Å². The first kappa shape index (κ1) is 16.5. The summed E-state index contributed by atoms with van der Waals surface area (Å²) in [5.74, 6) is -0.954. The highest BCUT2D eigenvalue weighted by Gasteiger charge is 2.39. The highest BCUT2D eigenvalue weighted by molar-refractivity contribution is 6.46. The van der Waals surface area contributed by atoms with Crippen molar-refractivity contribution in [3.8, 4) is 11.5 Å². The lowest BCUT2D eigenvalue weighted by molar-refractivity contribution is -0.133. The molecule has 7 nitrogen and oxygen atoms in total. The van der Waals surface area contributed by atoms with Gasteiger partial charge < -0.3 is 19.9 Å². The molecule has 3 rings (SSSR count). The molecule has 2 N–H and O–H groups in total. The zero-order chi connectivity index (χ0) is 18.0. The van der Waals surface area contributed by atoms with Crippen molar-refractivity contribution < 1.29 is 24.2 Å². The van der Waals surface area contributed by atoms with E-state index < -0.39 is 17.7 Å². The van der Waals surface area contributed by atoms with Gasteiger partial charge in [-0.3, -0.25) is 14.6 Å². The number of pyridine rings is 1. The Morgan fingerprint density at radius 2 is 1.92 bits per heavy atom. The van der Waals surface area contributed by atoms with Crippen LogP contribution in [0.2, 0.25) is 0 Å². The molecule has 0 radical (unpaired) electrons. The van der Waals surface area contributed by atoms with Gasteiger partial charge in [-0.25, -0.2) is 0 Å². The molecule has 1 aliphatic heterocycles. The summed E-state index contributed by atoms with van der Waals surface area (Å²) in [6.07, 6.45) is 3.12. The average Bonchev–Trinajstić information content (AvgIpc) is 2.96. The molecule has 128 valence electrons. The van der Waals surface area contributed by atoms with Crippen LogP contribution in [0, 0.1) is 0 Å². The number of methoxy groups -OCH3 is 2. The van der Waals surface area contributed by atoms with E-state index in [2.05, 4.69) is 10.3 Å². The van der Waals surface area contributed by atoms with Crippen molar-refractivity contribution >= 4 is 17.4 Å². The topological polar surface area (TPSA) is 97.8 Å². The summed E-state index contributed by atoms with van der Waals surface area (Å²) in [6, 6.07) is 7.38. The van der Waals surface area contributed by atoms with Crippen LogP contribution in [-0.4, -0.2) is 36.0 Å². The van der Waals surface area contributed by atoms with Crippen molar-refractivity contribution in [2.24, 2.45) is 0 Å². The molecule has 1 fully saturated rings. The van der Waals surface area contributed by atoms with Crippen LogP contribution in [0.15, 0.2) is 48.3 Å². The van der Waals surface area contributed by atoms with Crippen molar-refractivity contribution in [2.45, 2.75) is 6.04 Å². The Hall–Kier alpha value is -3.35. The number of aromatic nitrogens is 1. The quantitative estimate of drug-likeness (QED) is 0.500. The van der Waals surface area contributed by atoms with Gasteiger partial charge >= 0.3 is 0 Å². The van der Waals surface area contributed by atoms with Gasteiger partial charge in [0.1, 0.15) is 5.76 Å². The molecular formula is C18H16N2O5. The normalized spacial score (nSPS) is 18.7. The molecule has 2 aromatic rings. The van der Waals surface area contributed by atoms with E-state index in [1.54, 1.807) is 30.5 Å².